The minimum Gasteiger partial charge on any atom is -0.462 e. The summed E-state index contributed by atoms with van der Waals surface area (Å²) in [6, 6.07) is 3.65. The highest BCUT2D eigenvalue weighted by atomic mass is 32.1. The Hall–Kier alpha value is -1.66. The minimum atomic E-state index is -0.0329. The third-order valence-corrected chi connectivity index (χ3v) is 4.68. The molecule has 6 heteroatoms. The molecule has 1 aliphatic heterocycles. The summed E-state index contributed by atoms with van der Waals surface area (Å²) in [5.74, 6) is 0.773. The molecule has 112 valence electrons. The largest absolute Gasteiger partial charge is 0.462 e. The molecule has 0 aliphatic carbocycles. The van der Waals surface area contributed by atoms with Crippen molar-refractivity contribution in [3.63, 3.8) is 0 Å². The monoisotopic (exact) mass is 306 g/mol. The number of carbonyl (C=O) groups excluding carboxylic acids is 1. The van der Waals surface area contributed by atoms with Gasteiger partial charge in [0.25, 0.3) is 0 Å². The van der Waals surface area contributed by atoms with Crippen molar-refractivity contribution in [3.8, 4) is 10.8 Å². The molecule has 1 aliphatic rings. The number of amides is 1. The normalized spacial score (nSPS) is 18.9. The summed E-state index contributed by atoms with van der Waals surface area (Å²) in [6.45, 7) is 0.777. The van der Waals surface area contributed by atoms with Crippen LogP contribution in [0.25, 0.3) is 10.8 Å². The highest BCUT2D eigenvalue weighted by molar-refractivity contribution is 7.13. The SMILES string of the molecule is O=C(Cc1csc(-c2ccco2)n1)N1CCCCC1CO. The second-order valence-electron chi connectivity index (χ2n) is 5.22. The van der Waals surface area contributed by atoms with Crippen LogP contribution in [0.15, 0.2) is 28.2 Å². The topological polar surface area (TPSA) is 66.6 Å². The highest BCUT2D eigenvalue weighted by Gasteiger charge is 2.26. The lowest BCUT2D eigenvalue weighted by Crippen LogP contribution is -2.46. The summed E-state index contributed by atoms with van der Waals surface area (Å²) in [5.41, 5.74) is 0.763. The van der Waals surface area contributed by atoms with Gasteiger partial charge in [-0.2, -0.15) is 0 Å². The van der Waals surface area contributed by atoms with Gasteiger partial charge in [0.05, 0.1) is 31.0 Å². The first kappa shape index (κ1) is 14.3. The summed E-state index contributed by atoms with van der Waals surface area (Å²) >= 11 is 1.48. The lowest BCUT2D eigenvalue weighted by Gasteiger charge is -2.34. The Bertz CT molecular complexity index is 594. The number of hydrogen-bond acceptors (Lipinski definition) is 5. The molecule has 2 aromatic heterocycles. The molecule has 3 rings (SSSR count). The van der Waals surface area contributed by atoms with E-state index in [1.54, 1.807) is 11.2 Å². The van der Waals surface area contributed by atoms with E-state index in [4.69, 9.17) is 4.42 Å². The van der Waals surface area contributed by atoms with Crippen LogP contribution in [-0.4, -0.2) is 40.1 Å². The first-order valence-electron chi connectivity index (χ1n) is 7.16. The summed E-state index contributed by atoms with van der Waals surface area (Å²) in [6.07, 6.45) is 4.87. The molecule has 0 radical (unpaired) electrons. The zero-order valence-corrected chi connectivity index (χ0v) is 12.5. The Morgan fingerprint density at radius 1 is 1.52 bits per heavy atom. The molecule has 1 N–H and O–H groups in total. The van der Waals surface area contributed by atoms with Crippen LogP contribution in [0, 0.1) is 0 Å². The van der Waals surface area contributed by atoms with E-state index in [-0.39, 0.29) is 25.0 Å². The standard InChI is InChI=1S/C15H18N2O3S/c18-9-12-4-1-2-6-17(12)14(19)8-11-10-21-15(16-11)13-5-3-7-20-13/h3,5,7,10,12,18H,1-2,4,6,8-9H2. The Morgan fingerprint density at radius 2 is 2.43 bits per heavy atom. The van der Waals surface area contributed by atoms with Crippen molar-refractivity contribution in [2.24, 2.45) is 0 Å². The van der Waals surface area contributed by atoms with E-state index >= 15 is 0 Å². The number of piperidine rings is 1. The van der Waals surface area contributed by atoms with Gasteiger partial charge < -0.3 is 14.4 Å². The Kier molecular flexibility index (Phi) is 4.36. The molecule has 3 heterocycles. The number of furan rings is 1. The third kappa shape index (κ3) is 3.16. The summed E-state index contributed by atoms with van der Waals surface area (Å²) < 4.78 is 5.31. The predicted molar refractivity (Wildman–Crippen MR) is 80.0 cm³/mol. The zero-order valence-electron chi connectivity index (χ0n) is 11.7. The van der Waals surface area contributed by atoms with E-state index in [1.807, 2.05) is 17.5 Å². The van der Waals surface area contributed by atoms with Crippen molar-refractivity contribution >= 4 is 17.2 Å². The van der Waals surface area contributed by atoms with Crippen molar-refractivity contribution < 1.29 is 14.3 Å². The van der Waals surface area contributed by atoms with Gasteiger partial charge in [0.1, 0.15) is 0 Å². The predicted octanol–water partition coefficient (Wildman–Crippen LogP) is 2.32. The maximum Gasteiger partial charge on any atom is 0.228 e. The number of likely N-dealkylation sites (tertiary alicyclic amines) is 1. The fourth-order valence-corrected chi connectivity index (χ4v) is 3.46. The molecule has 0 spiro atoms. The average Bonchev–Trinajstić information content (AvgIpc) is 3.17. The van der Waals surface area contributed by atoms with E-state index in [0.29, 0.717) is 0 Å². The van der Waals surface area contributed by atoms with Crippen molar-refractivity contribution in [1.82, 2.24) is 9.88 Å². The van der Waals surface area contributed by atoms with Gasteiger partial charge in [-0.15, -0.1) is 11.3 Å². The summed E-state index contributed by atoms with van der Waals surface area (Å²) in [4.78, 5) is 18.6. The fraction of sp³-hybridized carbons (Fsp3) is 0.467. The molecule has 1 fully saturated rings. The Balaban J connectivity index is 1.67. The molecule has 21 heavy (non-hydrogen) atoms. The number of aromatic nitrogens is 1. The van der Waals surface area contributed by atoms with Crippen molar-refractivity contribution in [2.45, 2.75) is 31.7 Å². The first-order valence-corrected chi connectivity index (χ1v) is 8.04. The lowest BCUT2D eigenvalue weighted by molar-refractivity contribution is -0.135. The smallest absolute Gasteiger partial charge is 0.228 e. The van der Waals surface area contributed by atoms with E-state index in [9.17, 15) is 9.90 Å². The fourth-order valence-electron chi connectivity index (χ4n) is 2.68. The van der Waals surface area contributed by atoms with Gasteiger partial charge in [-0.05, 0) is 31.4 Å². The van der Waals surface area contributed by atoms with Crippen molar-refractivity contribution in [3.05, 3.63) is 29.5 Å². The molecule has 0 saturated carbocycles. The molecule has 1 atom stereocenters. The lowest BCUT2D eigenvalue weighted by atomic mass is 10.0. The number of aliphatic hydroxyl groups excluding tert-OH is 1. The van der Waals surface area contributed by atoms with Crippen LogP contribution in [-0.2, 0) is 11.2 Å². The maximum atomic E-state index is 12.4. The molecule has 1 amide bonds. The molecule has 1 unspecified atom stereocenters. The number of aliphatic hydroxyl groups is 1. The summed E-state index contributed by atoms with van der Waals surface area (Å²) in [5, 5.41) is 12.1. The van der Waals surface area contributed by atoms with Crippen LogP contribution in [0.1, 0.15) is 25.0 Å². The van der Waals surface area contributed by atoms with Crippen LogP contribution in [0.3, 0.4) is 0 Å². The van der Waals surface area contributed by atoms with E-state index < -0.39 is 0 Å². The average molecular weight is 306 g/mol. The second kappa shape index (κ2) is 6.41. The molecule has 0 bridgehead atoms. The van der Waals surface area contributed by atoms with Gasteiger partial charge in [-0.1, -0.05) is 0 Å². The summed E-state index contributed by atoms with van der Waals surface area (Å²) in [7, 11) is 0. The maximum absolute atomic E-state index is 12.4. The van der Waals surface area contributed by atoms with Crippen molar-refractivity contribution in [2.75, 3.05) is 13.2 Å². The minimum absolute atomic E-state index is 0.0329. The van der Waals surface area contributed by atoms with Gasteiger partial charge in [0.2, 0.25) is 5.91 Å². The van der Waals surface area contributed by atoms with Crippen molar-refractivity contribution in [1.29, 1.82) is 0 Å². The Morgan fingerprint density at radius 3 is 3.19 bits per heavy atom. The molecular formula is C15H18N2O3S. The van der Waals surface area contributed by atoms with Gasteiger partial charge in [0, 0.05) is 11.9 Å². The van der Waals surface area contributed by atoms with E-state index in [0.717, 1.165) is 42.3 Å². The number of carbonyl (C=O) groups is 1. The quantitative estimate of drug-likeness (QED) is 0.941. The van der Waals surface area contributed by atoms with Crippen LogP contribution < -0.4 is 0 Å². The molecular weight excluding hydrogens is 288 g/mol. The van der Waals surface area contributed by atoms with Crippen LogP contribution >= 0.6 is 11.3 Å². The Labute approximate surface area is 127 Å². The number of hydrogen-bond donors (Lipinski definition) is 1. The van der Waals surface area contributed by atoms with Crippen LogP contribution in [0.2, 0.25) is 0 Å². The molecule has 1 saturated heterocycles. The first-order chi connectivity index (χ1) is 10.3. The number of nitrogens with zero attached hydrogens (tertiary/aromatic N) is 2. The highest BCUT2D eigenvalue weighted by Crippen LogP contribution is 2.25. The van der Waals surface area contributed by atoms with Gasteiger partial charge >= 0.3 is 0 Å². The van der Waals surface area contributed by atoms with Crippen LogP contribution in [0.5, 0.6) is 0 Å². The van der Waals surface area contributed by atoms with Gasteiger partial charge in [-0.3, -0.25) is 4.79 Å². The third-order valence-electron chi connectivity index (χ3n) is 3.77. The van der Waals surface area contributed by atoms with Gasteiger partial charge in [0.15, 0.2) is 10.8 Å². The van der Waals surface area contributed by atoms with Crippen LogP contribution in [0.4, 0.5) is 0 Å². The van der Waals surface area contributed by atoms with E-state index in [2.05, 4.69) is 4.98 Å². The molecule has 5 nitrogen and oxygen atoms in total. The van der Waals surface area contributed by atoms with E-state index in [1.165, 1.54) is 11.3 Å². The zero-order chi connectivity index (χ0) is 14.7. The number of rotatable bonds is 4. The van der Waals surface area contributed by atoms with Gasteiger partial charge in [-0.25, -0.2) is 4.98 Å². The second-order valence-corrected chi connectivity index (χ2v) is 6.08. The number of thiazole rings is 1. The molecule has 0 aromatic carbocycles. The molecule has 2 aromatic rings.